The second-order valence-corrected chi connectivity index (χ2v) is 5.80. The van der Waals surface area contributed by atoms with E-state index in [1.54, 1.807) is 24.3 Å². The Kier molecular flexibility index (Phi) is 4.72. The number of benzene rings is 2. The van der Waals surface area contributed by atoms with Gasteiger partial charge in [0.05, 0.1) is 4.92 Å². The van der Waals surface area contributed by atoms with Crippen molar-refractivity contribution in [1.29, 1.82) is 0 Å². The second kappa shape index (κ2) is 6.94. The minimum absolute atomic E-state index is 0.0191. The smallest absolute Gasteiger partial charge is 0.336 e. The van der Waals surface area contributed by atoms with E-state index in [-0.39, 0.29) is 18.0 Å². The molecule has 0 aliphatic heterocycles. The summed E-state index contributed by atoms with van der Waals surface area (Å²) in [6.45, 7) is 1.93. The van der Waals surface area contributed by atoms with Crippen molar-refractivity contribution in [2.45, 2.75) is 20.0 Å². The molecule has 0 spiro atoms. The van der Waals surface area contributed by atoms with Crippen LogP contribution >= 0.6 is 11.6 Å². The van der Waals surface area contributed by atoms with Gasteiger partial charge in [0.1, 0.15) is 12.2 Å². The number of halogens is 1. The van der Waals surface area contributed by atoms with Gasteiger partial charge in [0, 0.05) is 28.1 Å². The zero-order valence-electron chi connectivity index (χ0n) is 13.3. The topological polar surface area (TPSA) is 82.6 Å². The van der Waals surface area contributed by atoms with E-state index in [0.29, 0.717) is 28.0 Å². The van der Waals surface area contributed by atoms with Gasteiger partial charge >= 0.3 is 11.3 Å². The molecule has 1 heterocycles. The number of hydrogen-bond acceptors (Lipinski definition) is 5. The molecular formula is C18H14ClNO5. The Balaban J connectivity index is 2.01. The molecule has 0 aliphatic rings. The van der Waals surface area contributed by atoms with E-state index < -0.39 is 10.5 Å². The predicted octanol–water partition coefficient (Wildman–Crippen LogP) is 4.50. The van der Waals surface area contributed by atoms with Crippen molar-refractivity contribution in [3.05, 3.63) is 79.1 Å². The number of nitro groups is 1. The summed E-state index contributed by atoms with van der Waals surface area (Å²) < 4.78 is 10.8. The number of aryl methyl sites for hydroxylation is 1. The van der Waals surface area contributed by atoms with Crippen LogP contribution in [0.25, 0.3) is 11.0 Å². The lowest BCUT2D eigenvalue weighted by atomic mass is 10.1. The van der Waals surface area contributed by atoms with Gasteiger partial charge in [-0.15, -0.1) is 0 Å². The Bertz CT molecular complexity index is 1010. The molecule has 3 rings (SSSR count). The van der Waals surface area contributed by atoms with Crippen molar-refractivity contribution in [3.63, 3.8) is 0 Å². The molecule has 3 aromatic rings. The van der Waals surface area contributed by atoms with E-state index in [0.717, 1.165) is 5.56 Å². The van der Waals surface area contributed by atoms with Crippen LogP contribution in [-0.2, 0) is 13.0 Å². The van der Waals surface area contributed by atoms with Crippen LogP contribution in [0.4, 0.5) is 5.69 Å². The maximum atomic E-state index is 11.8. The molecule has 7 heteroatoms. The van der Waals surface area contributed by atoms with Crippen LogP contribution in [0.2, 0.25) is 5.02 Å². The first-order chi connectivity index (χ1) is 12.0. The number of ether oxygens (including phenoxy) is 1. The Hall–Kier alpha value is -2.86. The van der Waals surface area contributed by atoms with E-state index in [4.69, 9.17) is 20.8 Å². The molecule has 1 aromatic heterocycles. The van der Waals surface area contributed by atoms with Crippen molar-refractivity contribution in [3.8, 4) is 5.75 Å². The fourth-order valence-electron chi connectivity index (χ4n) is 2.56. The molecular weight excluding hydrogens is 346 g/mol. The first-order valence-corrected chi connectivity index (χ1v) is 7.98. The minimum atomic E-state index is -0.517. The summed E-state index contributed by atoms with van der Waals surface area (Å²) in [7, 11) is 0. The summed E-state index contributed by atoms with van der Waals surface area (Å²) in [6.07, 6.45) is 0.704. The largest absolute Gasteiger partial charge is 0.482 e. The molecule has 6 nitrogen and oxygen atoms in total. The number of nitro benzene ring substituents is 1. The highest BCUT2D eigenvalue weighted by molar-refractivity contribution is 6.32. The molecule has 0 amide bonds. The first-order valence-electron chi connectivity index (χ1n) is 7.61. The van der Waals surface area contributed by atoms with Crippen LogP contribution in [-0.4, -0.2) is 4.92 Å². The molecule has 0 atom stereocenters. The average molecular weight is 360 g/mol. The van der Waals surface area contributed by atoms with Gasteiger partial charge in [-0.2, -0.15) is 0 Å². The fourth-order valence-corrected chi connectivity index (χ4v) is 2.86. The van der Waals surface area contributed by atoms with Crippen LogP contribution in [0.5, 0.6) is 5.75 Å². The molecule has 0 bridgehead atoms. The number of fused-ring (bicyclic) bond motifs is 1. The summed E-state index contributed by atoms with van der Waals surface area (Å²) >= 11 is 6.25. The van der Waals surface area contributed by atoms with E-state index in [9.17, 15) is 14.9 Å². The van der Waals surface area contributed by atoms with Crippen molar-refractivity contribution in [2.75, 3.05) is 0 Å². The number of nitrogens with zero attached hydrogens (tertiary/aromatic N) is 1. The standard InChI is InChI=1S/C18H14ClNO5/c1-2-11-7-17-13(9-14(11)19)12(8-18(21)25-17)10-24-16-6-4-3-5-15(16)20(22)23/h3-9H,2,10H2,1H3. The van der Waals surface area contributed by atoms with Crippen LogP contribution in [0.3, 0.4) is 0 Å². The second-order valence-electron chi connectivity index (χ2n) is 5.40. The van der Waals surface area contributed by atoms with E-state index in [2.05, 4.69) is 0 Å². The van der Waals surface area contributed by atoms with Gasteiger partial charge in [0.15, 0.2) is 5.75 Å². The van der Waals surface area contributed by atoms with Gasteiger partial charge in [-0.25, -0.2) is 4.79 Å². The van der Waals surface area contributed by atoms with Gasteiger partial charge in [0.2, 0.25) is 0 Å². The Morgan fingerprint density at radius 1 is 1.20 bits per heavy atom. The fraction of sp³-hybridized carbons (Fsp3) is 0.167. The summed E-state index contributed by atoms with van der Waals surface area (Å²) in [5.74, 6) is 0.130. The number of para-hydroxylation sites is 2. The van der Waals surface area contributed by atoms with Crippen molar-refractivity contribution in [1.82, 2.24) is 0 Å². The van der Waals surface area contributed by atoms with Crippen LogP contribution in [0, 0.1) is 10.1 Å². The normalized spacial score (nSPS) is 10.8. The zero-order chi connectivity index (χ0) is 18.0. The third-order valence-electron chi connectivity index (χ3n) is 3.82. The third kappa shape index (κ3) is 3.49. The molecule has 0 N–H and O–H groups in total. The lowest BCUT2D eigenvalue weighted by molar-refractivity contribution is -0.385. The van der Waals surface area contributed by atoms with Crippen LogP contribution in [0.1, 0.15) is 18.1 Å². The quantitative estimate of drug-likeness (QED) is 0.380. The maximum absolute atomic E-state index is 11.8. The maximum Gasteiger partial charge on any atom is 0.336 e. The lowest BCUT2D eigenvalue weighted by Crippen LogP contribution is -2.05. The summed E-state index contributed by atoms with van der Waals surface area (Å²) in [5.41, 5.74) is 1.18. The zero-order valence-corrected chi connectivity index (χ0v) is 14.1. The SMILES string of the molecule is CCc1cc2oc(=O)cc(COc3ccccc3[N+](=O)[O-])c2cc1Cl. The van der Waals surface area contributed by atoms with Gasteiger partial charge in [-0.05, 0) is 30.2 Å². The molecule has 0 fully saturated rings. The van der Waals surface area contributed by atoms with Gasteiger partial charge in [0.25, 0.3) is 0 Å². The lowest BCUT2D eigenvalue weighted by Gasteiger charge is -2.10. The molecule has 128 valence electrons. The highest BCUT2D eigenvalue weighted by Crippen LogP contribution is 2.29. The van der Waals surface area contributed by atoms with Crippen molar-refractivity contribution in [2.24, 2.45) is 0 Å². The van der Waals surface area contributed by atoms with Gasteiger partial charge < -0.3 is 9.15 Å². The molecule has 25 heavy (non-hydrogen) atoms. The molecule has 2 aromatic carbocycles. The third-order valence-corrected chi connectivity index (χ3v) is 4.18. The van der Waals surface area contributed by atoms with E-state index >= 15 is 0 Å². The highest BCUT2D eigenvalue weighted by atomic mass is 35.5. The summed E-state index contributed by atoms with van der Waals surface area (Å²) in [6, 6.07) is 10.8. The average Bonchev–Trinajstić information content (AvgIpc) is 2.59. The summed E-state index contributed by atoms with van der Waals surface area (Å²) in [4.78, 5) is 22.4. The molecule has 0 saturated heterocycles. The molecule has 0 radical (unpaired) electrons. The van der Waals surface area contributed by atoms with Crippen LogP contribution < -0.4 is 10.4 Å². The Morgan fingerprint density at radius 2 is 1.96 bits per heavy atom. The summed E-state index contributed by atoms with van der Waals surface area (Å²) in [5, 5.41) is 12.3. The number of hydrogen-bond donors (Lipinski definition) is 0. The van der Waals surface area contributed by atoms with Crippen molar-refractivity contribution >= 4 is 28.3 Å². The van der Waals surface area contributed by atoms with Gasteiger partial charge in [-0.3, -0.25) is 10.1 Å². The highest BCUT2D eigenvalue weighted by Gasteiger charge is 2.15. The van der Waals surface area contributed by atoms with Crippen molar-refractivity contribution < 1.29 is 14.1 Å². The van der Waals surface area contributed by atoms with E-state index in [1.165, 1.54) is 18.2 Å². The number of rotatable bonds is 5. The molecule has 0 aliphatic carbocycles. The Labute approximate surface area is 147 Å². The van der Waals surface area contributed by atoms with E-state index in [1.807, 2.05) is 6.92 Å². The predicted molar refractivity (Wildman–Crippen MR) is 94.3 cm³/mol. The molecule has 0 saturated carbocycles. The van der Waals surface area contributed by atoms with Gasteiger partial charge in [-0.1, -0.05) is 30.7 Å². The first kappa shape index (κ1) is 17.0. The Morgan fingerprint density at radius 3 is 2.68 bits per heavy atom. The van der Waals surface area contributed by atoms with Crippen LogP contribution in [0.15, 0.2) is 51.7 Å². The molecule has 0 unspecified atom stereocenters. The monoisotopic (exact) mass is 359 g/mol. The minimum Gasteiger partial charge on any atom is -0.482 e.